The van der Waals surface area contributed by atoms with E-state index < -0.39 is 27.4 Å². The van der Waals surface area contributed by atoms with Crippen LogP contribution in [0.15, 0.2) is 47.4 Å². The van der Waals surface area contributed by atoms with Crippen LogP contribution in [0.2, 0.25) is 0 Å². The van der Waals surface area contributed by atoms with Gasteiger partial charge in [0.15, 0.2) is 9.84 Å². The summed E-state index contributed by atoms with van der Waals surface area (Å²) < 4.78 is 49.7. The highest BCUT2D eigenvalue weighted by Gasteiger charge is 2.17. The first-order valence-corrected chi connectivity index (χ1v) is 8.57. The Balaban J connectivity index is 2.43. The highest BCUT2D eigenvalue weighted by atomic mass is 32.2. The maximum Gasteiger partial charge on any atom is 0.175 e. The summed E-state index contributed by atoms with van der Waals surface area (Å²) in [5.74, 6) is -1.79. The van der Waals surface area contributed by atoms with E-state index in [9.17, 15) is 22.3 Å². The predicted molar refractivity (Wildman–Crippen MR) is 79.5 cm³/mol. The summed E-state index contributed by atoms with van der Waals surface area (Å²) in [7, 11) is -3.31. The molecule has 0 fully saturated rings. The summed E-state index contributed by atoms with van der Waals surface area (Å²) in [4.78, 5) is 0.171. The molecule has 3 nitrogen and oxygen atoms in total. The van der Waals surface area contributed by atoms with Crippen LogP contribution in [0.5, 0.6) is 0 Å². The minimum atomic E-state index is -3.31. The Morgan fingerprint density at radius 1 is 1.00 bits per heavy atom. The largest absolute Gasteiger partial charge is 0.396 e. The van der Waals surface area contributed by atoms with Crippen LogP contribution in [0, 0.1) is 11.6 Å². The van der Waals surface area contributed by atoms with E-state index in [2.05, 4.69) is 0 Å². The average Bonchev–Trinajstić information content (AvgIpc) is 2.43. The first-order chi connectivity index (χ1) is 10.3. The molecule has 118 valence electrons. The van der Waals surface area contributed by atoms with Crippen molar-refractivity contribution < 1.29 is 22.3 Å². The summed E-state index contributed by atoms with van der Waals surface area (Å²) in [5.41, 5.74) is 1.09. The van der Waals surface area contributed by atoms with E-state index in [4.69, 9.17) is 0 Å². The molecule has 0 aliphatic heterocycles. The van der Waals surface area contributed by atoms with Crippen LogP contribution in [-0.2, 0) is 9.84 Å². The fraction of sp³-hybridized carbons (Fsp3) is 0.250. The zero-order chi connectivity index (χ0) is 16.3. The number of sulfone groups is 1. The molecular formula is C16H16F2O3S. The van der Waals surface area contributed by atoms with Crippen LogP contribution in [0.1, 0.15) is 23.5 Å². The van der Waals surface area contributed by atoms with Gasteiger partial charge in [-0.3, -0.25) is 0 Å². The molecule has 2 aromatic carbocycles. The van der Waals surface area contributed by atoms with Gasteiger partial charge < -0.3 is 5.11 Å². The molecule has 0 aliphatic carbocycles. The first kappa shape index (κ1) is 16.6. The zero-order valence-corrected chi connectivity index (χ0v) is 12.8. The molecule has 0 aromatic heterocycles. The van der Waals surface area contributed by atoms with Gasteiger partial charge in [0.2, 0.25) is 0 Å². The van der Waals surface area contributed by atoms with Crippen molar-refractivity contribution in [2.45, 2.75) is 17.2 Å². The fourth-order valence-electron chi connectivity index (χ4n) is 2.38. The summed E-state index contributed by atoms with van der Waals surface area (Å²) >= 11 is 0. The third-order valence-electron chi connectivity index (χ3n) is 3.42. The molecule has 22 heavy (non-hydrogen) atoms. The van der Waals surface area contributed by atoms with Crippen LogP contribution < -0.4 is 0 Å². The molecule has 0 aliphatic rings. The van der Waals surface area contributed by atoms with E-state index in [0.29, 0.717) is 11.1 Å². The Kier molecular flexibility index (Phi) is 4.93. The maximum atomic E-state index is 13.4. The molecule has 0 unspecified atom stereocenters. The van der Waals surface area contributed by atoms with Crippen molar-refractivity contribution in [1.29, 1.82) is 0 Å². The van der Waals surface area contributed by atoms with Gasteiger partial charge >= 0.3 is 0 Å². The molecule has 2 aromatic rings. The smallest absolute Gasteiger partial charge is 0.175 e. The van der Waals surface area contributed by atoms with Crippen LogP contribution in [0.4, 0.5) is 8.78 Å². The van der Waals surface area contributed by atoms with Crippen molar-refractivity contribution in [3.05, 3.63) is 65.2 Å². The minimum absolute atomic E-state index is 0.156. The SMILES string of the molecule is CS(=O)(=O)c1ccc([C@@H](CCO)c2cc(F)cc(F)c2)cc1. The first-order valence-electron chi connectivity index (χ1n) is 6.68. The Bertz CT molecular complexity index is 735. The van der Waals surface area contributed by atoms with E-state index in [1.165, 1.54) is 24.3 Å². The second-order valence-electron chi connectivity index (χ2n) is 5.11. The molecule has 0 heterocycles. The molecule has 2 rings (SSSR count). The molecule has 1 atom stereocenters. The lowest BCUT2D eigenvalue weighted by Gasteiger charge is -2.17. The lowest BCUT2D eigenvalue weighted by molar-refractivity contribution is 0.281. The molecule has 1 N–H and O–H groups in total. The molecule has 0 saturated carbocycles. The van der Waals surface area contributed by atoms with E-state index in [1.807, 2.05) is 0 Å². The topological polar surface area (TPSA) is 54.4 Å². The van der Waals surface area contributed by atoms with Gasteiger partial charge in [0.25, 0.3) is 0 Å². The summed E-state index contributed by atoms with van der Waals surface area (Å²) in [6.45, 7) is -0.156. The van der Waals surface area contributed by atoms with E-state index >= 15 is 0 Å². The quantitative estimate of drug-likeness (QED) is 0.919. The number of rotatable bonds is 5. The molecule has 0 amide bonds. The third-order valence-corrected chi connectivity index (χ3v) is 4.54. The minimum Gasteiger partial charge on any atom is -0.396 e. The predicted octanol–water partition coefficient (Wildman–Crippen LogP) is 2.88. The van der Waals surface area contributed by atoms with Gasteiger partial charge in [0, 0.05) is 24.8 Å². The lowest BCUT2D eigenvalue weighted by Crippen LogP contribution is -2.06. The normalized spacial score (nSPS) is 13.1. The third kappa shape index (κ3) is 3.90. The van der Waals surface area contributed by atoms with E-state index in [1.54, 1.807) is 12.1 Å². The second-order valence-corrected chi connectivity index (χ2v) is 7.12. The number of hydrogen-bond donors (Lipinski definition) is 1. The molecule has 0 radical (unpaired) electrons. The number of aliphatic hydroxyl groups is 1. The molecule has 0 bridgehead atoms. The molecular weight excluding hydrogens is 310 g/mol. The number of hydrogen-bond acceptors (Lipinski definition) is 3. The van der Waals surface area contributed by atoms with Crippen molar-refractivity contribution in [2.24, 2.45) is 0 Å². The van der Waals surface area contributed by atoms with Gasteiger partial charge in [-0.25, -0.2) is 17.2 Å². The highest BCUT2D eigenvalue weighted by Crippen LogP contribution is 2.29. The van der Waals surface area contributed by atoms with Crippen LogP contribution in [0.25, 0.3) is 0 Å². The van der Waals surface area contributed by atoms with E-state index in [-0.39, 0.29) is 17.9 Å². The lowest BCUT2D eigenvalue weighted by atomic mass is 9.89. The second kappa shape index (κ2) is 6.54. The van der Waals surface area contributed by atoms with Crippen molar-refractivity contribution >= 4 is 9.84 Å². The summed E-state index contributed by atoms with van der Waals surface area (Å²) in [6, 6.07) is 9.31. The fourth-order valence-corrected chi connectivity index (χ4v) is 3.01. The van der Waals surface area contributed by atoms with Gasteiger partial charge in [-0.15, -0.1) is 0 Å². The Hall–Kier alpha value is -1.79. The summed E-state index contributed by atoms with van der Waals surface area (Å²) in [6.07, 6.45) is 1.39. The van der Waals surface area contributed by atoms with Crippen LogP contribution >= 0.6 is 0 Å². The number of halogens is 2. The van der Waals surface area contributed by atoms with Crippen molar-refractivity contribution in [1.82, 2.24) is 0 Å². The number of aliphatic hydroxyl groups excluding tert-OH is 1. The average molecular weight is 326 g/mol. The van der Waals surface area contributed by atoms with Crippen LogP contribution in [-0.4, -0.2) is 26.4 Å². The van der Waals surface area contributed by atoms with Gasteiger partial charge in [0.1, 0.15) is 11.6 Å². The molecule has 0 saturated heterocycles. The Labute approximate surface area is 128 Å². The van der Waals surface area contributed by atoms with Crippen molar-refractivity contribution in [3.8, 4) is 0 Å². The maximum absolute atomic E-state index is 13.4. The molecule has 6 heteroatoms. The highest BCUT2D eigenvalue weighted by molar-refractivity contribution is 7.90. The standard InChI is InChI=1S/C16H16F2O3S/c1-22(20,21)15-4-2-11(3-5-15)16(6-7-19)12-8-13(17)10-14(18)9-12/h2-5,8-10,16,19H,6-7H2,1H3/t16-/m1/s1. The summed E-state index contributed by atoms with van der Waals surface area (Å²) in [5, 5.41) is 9.20. The van der Waals surface area contributed by atoms with Gasteiger partial charge in [-0.05, 0) is 41.8 Å². The molecule has 0 spiro atoms. The Morgan fingerprint density at radius 3 is 2.00 bits per heavy atom. The van der Waals surface area contributed by atoms with Crippen LogP contribution in [0.3, 0.4) is 0 Å². The van der Waals surface area contributed by atoms with Gasteiger partial charge in [0.05, 0.1) is 4.90 Å². The monoisotopic (exact) mass is 326 g/mol. The Morgan fingerprint density at radius 2 is 1.55 bits per heavy atom. The van der Waals surface area contributed by atoms with Gasteiger partial charge in [-0.2, -0.15) is 0 Å². The van der Waals surface area contributed by atoms with Crippen molar-refractivity contribution in [2.75, 3.05) is 12.9 Å². The van der Waals surface area contributed by atoms with E-state index in [0.717, 1.165) is 12.3 Å². The van der Waals surface area contributed by atoms with Crippen molar-refractivity contribution in [3.63, 3.8) is 0 Å². The van der Waals surface area contributed by atoms with Gasteiger partial charge in [-0.1, -0.05) is 12.1 Å². The zero-order valence-electron chi connectivity index (χ0n) is 12.0. The number of benzene rings is 2.